The number of rotatable bonds is 5. The van der Waals surface area contributed by atoms with Crippen LogP contribution >= 0.6 is 0 Å². The number of non-ortho nitro benzene ring substituents is 1. The minimum Gasteiger partial charge on any atom is -0.353 e. The number of anilines is 1. The number of benzene rings is 1. The highest BCUT2D eigenvalue weighted by Gasteiger charge is 2.24. The molecule has 156 valence electrons. The van der Waals surface area contributed by atoms with E-state index in [9.17, 15) is 20.2 Å². The lowest BCUT2D eigenvalue weighted by Gasteiger charge is -2.35. The number of nitro benzene ring substituents is 1. The number of nitriles is 1. The fourth-order valence-electron chi connectivity index (χ4n) is 4.54. The maximum Gasteiger partial charge on any atom is 0.270 e. The van der Waals surface area contributed by atoms with Gasteiger partial charge in [0.15, 0.2) is 0 Å². The van der Waals surface area contributed by atoms with Crippen LogP contribution in [0.4, 0.5) is 11.5 Å². The van der Waals surface area contributed by atoms with E-state index in [1.54, 1.807) is 12.1 Å². The highest BCUT2D eigenvalue weighted by molar-refractivity contribution is 5.88. The van der Waals surface area contributed by atoms with Crippen LogP contribution in [-0.4, -0.2) is 46.9 Å². The molecule has 1 aliphatic heterocycles. The van der Waals surface area contributed by atoms with E-state index in [2.05, 4.69) is 16.0 Å². The molecule has 1 amide bonds. The number of hydrogen-bond donors (Lipinski definition) is 0. The molecule has 1 aromatic heterocycles. The molecule has 8 heteroatoms. The molecule has 0 radical (unpaired) electrons. The largest absolute Gasteiger partial charge is 0.353 e. The molecule has 8 nitrogen and oxygen atoms in total. The van der Waals surface area contributed by atoms with Gasteiger partial charge in [-0.25, -0.2) is 4.98 Å². The second-order valence-electron chi connectivity index (χ2n) is 8.16. The zero-order chi connectivity index (χ0) is 21.1. The fraction of sp³-hybridized carbons (Fsp3) is 0.500. The Kier molecular flexibility index (Phi) is 5.79. The van der Waals surface area contributed by atoms with Crippen molar-refractivity contribution in [2.24, 2.45) is 5.92 Å². The van der Waals surface area contributed by atoms with Crippen LogP contribution in [-0.2, 0) is 4.79 Å². The summed E-state index contributed by atoms with van der Waals surface area (Å²) in [5.74, 6) is 1.63. The van der Waals surface area contributed by atoms with E-state index in [0.29, 0.717) is 54.9 Å². The van der Waals surface area contributed by atoms with E-state index in [4.69, 9.17) is 0 Å². The molecule has 30 heavy (non-hydrogen) atoms. The van der Waals surface area contributed by atoms with E-state index in [1.165, 1.54) is 37.8 Å². The first-order valence-corrected chi connectivity index (χ1v) is 10.6. The van der Waals surface area contributed by atoms with Crippen LogP contribution in [0.5, 0.6) is 0 Å². The molecule has 2 fully saturated rings. The number of nitrogens with zero attached hydrogens (tertiary/aromatic N) is 5. The SMILES string of the molecule is N#Cc1cc(N2CCN(C(=O)CCC3CCCC3)CC2)nc2ccc([N+](=O)[O-])cc12. The third kappa shape index (κ3) is 4.20. The molecule has 1 aliphatic carbocycles. The van der Waals surface area contributed by atoms with Crippen molar-refractivity contribution in [1.29, 1.82) is 5.26 Å². The van der Waals surface area contributed by atoms with Gasteiger partial charge in [-0.15, -0.1) is 0 Å². The van der Waals surface area contributed by atoms with Crippen LogP contribution < -0.4 is 4.90 Å². The number of hydrogen-bond acceptors (Lipinski definition) is 6. The molecule has 0 spiro atoms. The van der Waals surface area contributed by atoms with Crippen molar-refractivity contribution in [3.8, 4) is 6.07 Å². The molecule has 1 saturated carbocycles. The second kappa shape index (κ2) is 8.66. The summed E-state index contributed by atoms with van der Waals surface area (Å²) in [4.78, 5) is 31.7. The van der Waals surface area contributed by atoms with Gasteiger partial charge in [0, 0.05) is 50.1 Å². The Bertz CT molecular complexity index is 1000. The number of nitro groups is 1. The number of aromatic nitrogens is 1. The Labute approximate surface area is 175 Å². The van der Waals surface area contributed by atoms with Gasteiger partial charge in [-0.05, 0) is 24.5 Å². The van der Waals surface area contributed by atoms with Crippen LogP contribution in [0, 0.1) is 27.4 Å². The number of piperazine rings is 1. The first-order chi connectivity index (χ1) is 14.5. The van der Waals surface area contributed by atoms with Crippen molar-refractivity contribution in [2.75, 3.05) is 31.1 Å². The minimum absolute atomic E-state index is 0.0571. The van der Waals surface area contributed by atoms with Crippen molar-refractivity contribution >= 4 is 28.3 Å². The lowest BCUT2D eigenvalue weighted by molar-refractivity contribution is -0.384. The number of amides is 1. The van der Waals surface area contributed by atoms with E-state index < -0.39 is 4.92 Å². The number of fused-ring (bicyclic) bond motifs is 1. The Balaban J connectivity index is 1.42. The molecule has 2 aromatic rings. The quantitative estimate of drug-likeness (QED) is 0.554. The standard InChI is InChI=1S/C22H25N5O3/c23-15-17-13-21(24-20-7-6-18(27(29)30)14-19(17)20)25-9-11-26(12-10-25)22(28)8-5-16-3-1-2-4-16/h6-7,13-14,16H,1-5,8-12H2. The summed E-state index contributed by atoms with van der Waals surface area (Å²) in [6.07, 6.45) is 6.76. The highest BCUT2D eigenvalue weighted by atomic mass is 16.6. The lowest BCUT2D eigenvalue weighted by Crippen LogP contribution is -2.49. The molecule has 1 aromatic carbocycles. The van der Waals surface area contributed by atoms with Crippen LogP contribution in [0.15, 0.2) is 24.3 Å². The topological polar surface area (TPSA) is 103 Å². The van der Waals surface area contributed by atoms with Crippen LogP contribution in [0.25, 0.3) is 10.9 Å². The van der Waals surface area contributed by atoms with Gasteiger partial charge in [-0.1, -0.05) is 25.7 Å². The van der Waals surface area contributed by atoms with Crippen LogP contribution in [0.1, 0.15) is 44.1 Å². The molecule has 1 saturated heterocycles. The zero-order valence-corrected chi connectivity index (χ0v) is 16.9. The summed E-state index contributed by atoms with van der Waals surface area (Å²) in [7, 11) is 0. The predicted molar refractivity (Wildman–Crippen MR) is 113 cm³/mol. The van der Waals surface area contributed by atoms with Crippen molar-refractivity contribution in [3.05, 3.63) is 39.9 Å². The fourth-order valence-corrected chi connectivity index (χ4v) is 4.54. The Morgan fingerprint density at radius 2 is 1.93 bits per heavy atom. The smallest absolute Gasteiger partial charge is 0.270 e. The lowest BCUT2D eigenvalue weighted by atomic mass is 10.0. The van der Waals surface area contributed by atoms with E-state index >= 15 is 0 Å². The zero-order valence-electron chi connectivity index (χ0n) is 16.9. The maximum atomic E-state index is 12.6. The highest BCUT2D eigenvalue weighted by Crippen LogP contribution is 2.29. The van der Waals surface area contributed by atoms with Crippen molar-refractivity contribution < 1.29 is 9.72 Å². The van der Waals surface area contributed by atoms with Crippen molar-refractivity contribution in [3.63, 3.8) is 0 Å². The van der Waals surface area contributed by atoms with E-state index in [1.807, 2.05) is 4.90 Å². The molecule has 0 bridgehead atoms. The molecule has 2 aliphatic rings. The summed E-state index contributed by atoms with van der Waals surface area (Å²) in [6, 6.07) is 8.20. The maximum absolute atomic E-state index is 12.6. The molecular formula is C22H25N5O3. The van der Waals surface area contributed by atoms with Crippen LogP contribution in [0.2, 0.25) is 0 Å². The molecule has 0 N–H and O–H groups in total. The Morgan fingerprint density at radius 1 is 1.20 bits per heavy atom. The van der Waals surface area contributed by atoms with Crippen molar-refractivity contribution in [1.82, 2.24) is 9.88 Å². The number of pyridine rings is 1. The van der Waals surface area contributed by atoms with E-state index in [0.717, 1.165) is 12.3 Å². The van der Waals surface area contributed by atoms with Gasteiger partial charge in [0.25, 0.3) is 5.69 Å². The second-order valence-corrected chi connectivity index (χ2v) is 8.16. The van der Waals surface area contributed by atoms with Gasteiger partial charge >= 0.3 is 0 Å². The van der Waals surface area contributed by atoms with Gasteiger partial charge in [-0.3, -0.25) is 14.9 Å². The minimum atomic E-state index is -0.475. The Morgan fingerprint density at radius 3 is 2.60 bits per heavy atom. The first kappa shape index (κ1) is 20.1. The third-order valence-electron chi connectivity index (χ3n) is 6.31. The Hall–Kier alpha value is -3.21. The van der Waals surface area contributed by atoms with Gasteiger partial charge in [0.2, 0.25) is 5.91 Å². The predicted octanol–water partition coefficient (Wildman–Crippen LogP) is 3.63. The molecule has 0 atom stereocenters. The summed E-state index contributed by atoms with van der Waals surface area (Å²) in [5, 5.41) is 21.0. The van der Waals surface area contributed by atoms with Crippen molar-refractivity contribution in [2.45, 2.75) is 38.5 Å². The summed E-state index contributed by atoms with van der Waals surface area (Å²) in [6.45, 7) is 2.60. The van der Waals surface area contributed by atoms with E-state index in [-0.39, 0.29) is 11.6 Å². The normalized spacial score (nSPS) is 17.3. The summed E-state index contributed by atoms with van der Waals surface area (Å²) < 4.78 is 0. The van der Waals surface area contributed by atoms with Gasteiger partial charge in [-0.2, -0.15) is 5.26 Å². The number of carbonyl (C=O) groups excluding carboxylic acids is 1. The van der Waals surface area contributed by atoms with Gasteiger partial charge in [0.05, 0.1) is 22.1 Å². The first-order valence-electron chi connectivity index (χ1n) is 10.6. The average Bonchev–Trinajstić information content (AvgIpc) is 3.30. The molecular weight excluding hydrogens is 382 g/mol. The third-order valence-corrected chi connectivity index (χ3v) is 6.31. The molecule has 2 heterocycles. The van der Waals surface area contributed by atoms with Crippen LogP contribution in [0.3, 0.4) is 0 Å². The molecule has 4 rings (SSSR count). The summed E-state index contributed by atoms with van der Waals surface area (Å²) >= 11 is 0. The van der Waals surface area contributed by atoms with Gasteiger partial charge in [0.1, 0.15) is 5.82 Å². The average molecular weight is 407 g/mol. The molecule has 0 unspecified atom stereocenters. The number of carbonyl (C=O) groups is 1. The monoisotopic (exact) mass is 407 g/mol. The van der Waals surface area contributed by atoms with Gasteiger partial charge < -0.3 is 9.80 Å². The summed E-state index contributed by atoms with van der Waals surface area (Å²) in [5.41, 5.74) is 0.872.